The molecule has 1 unspecified atom stereocenters. The standard InChI is InChI=1S/C13H28N2O2S/c1-4-7-15(11-13(2,3)10-14)12-6-5-8-18(16,17)9-12/h12H,4-11,14H2,1-3H3. The Labute approximate surface area is 112 Å². The summed E-state index contributed by atoms with van der Waals surface area (Å²) in [5.74, 6) is 0.692. The molecule has 5 heteroatoms. The van der Waals surface area contributed by atoms with E-state index in [4.69, 9.17) is 5.73 Å². The molecule has 1 fully saturated rings. The molecule has 108 valence electrons. The molecule has 1 atom stereocenters. The molecule has 0 spiro atoms. The molecule has 0 bridgehead atoms. The summed E-state index contributed by atoms with van der Waals surface area (Å²) in [6.45, 7) is 8.91. The first-order valence-electron chi connectivity index (χ1n) is 6.94. The summed E-state index contributed by atoms with van der Waals surface area (Å²) in [6, 6.07) is 0.189. The molecule has 0 aliphatic carbocycles. The molecule has 0 saturated carbocycles. The first-order chi connectivity index (χ1) is 8.29. The summed E-state index contributed by atoms with van der Waals surface area (Å²) in [6.07, 6.45) is 2.85. The van der Waals surface area contributed by atoms with Crippen molar-refractivity contribution < 1.29 is 8.42 Å². The van der Waals surface area contributed by atoms with E-state index in [-0.39, 0.29) is 11.5 Å². The molecule has 1 aliphatic heterocycles. The fourth-order valence-electron chi connectivity index (χ4n) is 2.58. The van der Waals surface area contributed by atoms with Gasteiger partial charge in [-0.15, -0.1) is 0 Å². The third-order valence-electron chi connectivity index (χ3n) is 3.65. The van der Waals surface area contributed by atoms with E-state index in [2.05, 4.69) is 25.7 Å². The molecular formula is C13H28N2O2S. The van der Waals surface area contributed by atoms with Gasteiger partial charge in [-0.05, 0) is 37.8 Å². The van der Waals surface area contributed by atoms with Crippen molar-refractivity contribution in [3.8, 4) is 0 Å². The van der Waals surface area contributed by atoms with E-state index in [9.17, 15) is 8.42 Å². The van der Waals surface area contributed by atoms with Crippen molar-refractivity contribution in [2.45, 2.75) is 46.1 Å². The normalized spacial score (nSPS) is 24.4. The van der Waals surface area contributed by atoms with E-state index < -0.39 is 9.84 Å². The Balaban J connectivity index is 2.72. The van der Waals surface area contributed by atoms with Crippen LogP contribution in [0.1, 0.15) is 40.0 Å². The topological polar surface area (TPSA) is 63.4 Å². The van der Waals surface area contributed by atoms with Gasteiger partial charge in [0.05, 0.1) is 11.5 Å². The molecule has 18 heavy (non-hydrogen) atoms. The largest absolute Gasteiger partial charge is 0.330 e. The van der Waals surface area contributed by atoms with Crippen LogP contribution in [0.25, 0.3) is 0 Å². The SMILES string of the molecule is CCCN(CC(C)(C)CN)C1CCCS(=O)(=O)C1. The minimum atomic E-state index is -2.83. The second-order valence-electron chi connectivity index (χ2n) is 6.25. The first-order valence-corrected chi connectivity index (χ1v) is 8.76. The zero-order valence-corrected chi connectivity index (χ0v) is 12.8. The number of hydrogen-bond donors (Lipinski definition) is 1. The maximum Gasteiger partial charge on any atom is 0.151 e. The number of nitrogens with two attached hydrogens (primary N) is 1. The number of sulfone groups is 1. The average molecular weight is 276 g/mol. The lowest BCUT2D eigenvalue weighted by Gasteiger charge is -2.38. The van der Waals surface area contributed by atoms with Crippen LogP contribution in [0, 0.1) is 5.41 Å². The van der Waals surface area contributed by atoms with Crippen molar-refractivity contribution in [3.63, 3.8) is 0 Å². The monoisotopic (exact) mass is 276 g/mol. The summed E-state index contributed by atoms with van der Waals surface area (Å²) in [5, 5.41) is 0. The van der Waals surface area contributed by atoms with Gasteiger partial charge in [0.25, 0.3) is 0 Å². The Morgan fingerprint density at radius 1 is 1.39 bits per heavy atom. The van der Waals surface area contributed by atoms with Gasteiger partial charge in [-0.25, -0.2) is 8.42 Å². The van der Waals surface area contributed by atoms with Gasteiger partial charge in [0.1, 0.15) is 0 Å². The van der Waals surface area contributed by atoms with Crippen LogP contribution in [0.3, 0.4) is 0 Å². The van der Waals surface area contributed by atoms with E-state index >= 15 is 0 Å². The molecule has 1 saturated heterocycles. The molecule has 0 amide bonds. The van der Waals surface area contributed by atoms with E-state index in [1.807, 2.05) is 0 Å². The van der Waals surface area contributed by atoms with Gasteiger partial charge in [-0.1, -0.05) is 20.8 Å². The lowest BCUT2D eigenvalue weighted by molar-refractivity contribution is 0.133. The van der Waals surface area contributed by atoms with Crippen molar-refractivity contribution in [1.82, 2.24) is 4.90 Å². The van der Waals surface area contributed by atoms with Crippen LogP contribution in [0.4, 0.5) is 0 Å². The Hall–Kier alpha value is -0.130. The van der Waals surface area contributed by atoms with Gasteiger partial charge < -0.3 is 5.73 Å². The fraction of sp³-hybridized carbons (Fsp3) is 1.00. The molecule has 4 nitrogen and oxygen atoms in total. The third kappa shape index (κ3) is 4.86. The Bertz CT molecular complexity index is 352. The van der Waals surface area contributed by atoms with Crippen LogP contribution >= 0.6 is 0 Å². The van der Waals surface area contributed by atoms with Gasteiger partial charge >= 0.3 is 0 Å². The van der Waals surface area contributed by atoms with Crippen LogP contribution in [-0.4, -0.2) is 50.5 Å². The van der Waals surface area contributed by atoms with Crippen LogP contribution in [0.2, 0.25) is 0 Å². The molecular weight excluding hydrogens is 248 g/mol. The fourth-order valence-corrected chi connectivity index (χ4v) is 4.32. The summed E-state index contributed by atoms with van der Waals surface area (Å²) in [5.41, 5.74) is 5.84. The minimum absolute atomic E-state index is 0.0520. The van der Waals surface area contributed by atoms with Crippen molar-refractivity contribution >= 4 is 9.84 Å². The highest BCUT2D eigenvalue weighted by molar-refractivity contribution is 7.91. The predicted molar refractivity (Wildman–Crippen MR) is 76.4 cm³/mol. The van der Waals surface area contributed by atoms with Gasteiger partial charge in [-0.3, -0.25) is 4.90 Å². The van der Waals surface area contributed by atoms with Gasteiger partial charge in [0.15, 0.2) is 9.84 Å². The number of rotatable bonds is 6. The summed E-state index contributed by atoms with van der Waals surface area (Å²) < 4.78 is 23.5. The number of hydrogen-bond acceptors (Lipinski definition) is 4. The van der Waals surface area contributed by atoms with Crippen molar-refractivity contribution in [2.24, 2.45) is 11.1 Å². The van der Waals surface area contributed by atoms with Gasteiger partial charge in [-0.2, -0.15) is 0 Å². The van der Waals surface area contributed by atoms with Crippen LogP contribution in [0.15, 0.2) is 0 Å². The second-order valence-corrected chi connectivity index (χ2v) is 8.48. The van der Waals surface area contributed by atoms with Crippen LogP contribution in [-0.2, 0) is 9.84 Å². The first kappa shape index (κ1) is 15.9. The minimum Gasteiger partial charge on any atom is -0.330 e. The second kappa shape index (κ2) is 6.35. The van der Waals surface area contributed by atoms with Crippen LogP contribution in [0.5, 0.6) is 0 Å². The van der Waals surface area contributed by atoms with Crippen molar-refractivity contribution in [1.29, 1.82) is 0 Å². The molecule has 2 N–H and O–H groups in total. The third-order valence-corrected chi connectivity index (χ3v) is 5.45. The average Bonchev–Trinajstić information content (AvgIpc) is 2.27. The zero-order chi connectivity index (χ0) is 13.8. The molecule has 0 aromatic rings. The van der Waals surface area contributed by atoms with E-state index in [0.29, 0.717) is 18.1 Å². The maximum atomic E-state index is 11.8. The molecule has 0 aromatic carbocycles. The molecule has 1 rings (SSSR count). The Morgan fingerprint density at radius 3 is 2.56 bits per heavy atom. The molecule has 0 radical (unpaired) electrons. The molecule has 0 aromatic heterocycles. The summed E-state index contributed by atoms with van der Waals surface area (Å²) in [4.78, 5) is 2.34. The zero-order valence-electron chi connectivity index (χ0n) is 12.0. The quantitative estimate of drug-likeness (QED) is 0.793. The van der Waals surface area contributed by atoms with Crippen molar-refractivity contribution in [2.75, 3.05) is 31.1 Å². The van der Waals surface area contributed by atoms with Crippen LogP contribution < -0.4 is 5.73 Å². The van der Waals surface area contributed by atoms with E-state index in [0.717, 1.165) is 32.4 Å². The van der Waals surface area contributed by atoms with Gasteiger partial charge in [0, 0.05) is 12.6 Å². The lowest BCUT2D eigenvalue weighted by atomic mass is 9.92. The van der Waals surface area contributed by atoms with E-state index in [1.165, 1.54) is 0 Å². The summed E-state index contributed by atoms with van der Waals surface area (Å²) >= 11 is 0. The van der Waals surface area contributed by atoms with Crippen molar-refractivity contribution in [3.05, 3.63) is 0 Å². The highest BCUT2D eigenvalue weighted by Gasteiger charge is 2.31. The predicted octanol–water partition coefficient (Wildman–Crippen LogP) is 1.26. The molecule has 1 heterocycles. The Morgan fingerprint density at radius 2 is 2.06 bits per heavy atom. The highest BCUT2D eigenvalue weighted by Crippen LogP contribution is 2.23. The smallest absolute Gasteiger partial charge is 0.151 e. The molecule has 1 aliphatic rings. The Kier molecular flexibility index (Phi) is 5.62. The maximum absolute atomic E-state index is 11.8. The van der Waals surface area contributed by atoms with Gasteiger partial charge in [0.2, 0.25) is 0 Å². The number of nitrogens with zero attached hydrogens (tertiary/aromatic N) is 1. The summed E-state index contributed by atoms with van der Waals surface area (Å²) in [7, 11) is -2.83. The highest BCUT2D eigenvalue weighted by atomic mass is 32.2. The van der Waals surface area contributed by atoms with E-state index in [1.54, 1.807) is 0 Å². The lowest BCUT2D eigenvalue weighted by Crippen LogP contribution is -2.49.